The summed E-state index contributed by atoms with van der Waals surface area (Å²) in [5, 5.41) is 0. The summed E-state index contributed by atoms with van der Waals surface area (Å²) in [6.07, 6.45) is 4.06. The third-order valence-corrected chi connectivity index (χ3v) is 2.12. The van der Waals surface area contributed by atoms with Crippen molar-refractivity contribution in [1.82, 2.24) is 5.48 Å². The zero-order valence-corrected chi connectivity index (χ0v) is 10.6. The third kappa shape index (κ3) is 8.30. The Balaban J connectivity index is 3.67. The van der Waals surface area contributed by atoms with Crippen molar-refractivity contribution in [3.63, 3.8) is 0 Å². The van der Waals surface area contributed by atoms with Crippen molar-refractivity contribution in [2.45, 2.75) is 46.0 Å². The van der Waals surface area contributed by atoms with Gasteiger partial charge < -0.3 is 9.57 Å². The van der Waals surface area contributed by atoms with Crippen molar-refractivity contribution in [2.75, 3.05) is 6.61 Å². The molecule has 0 fully saturated rings. The summed E-state index contributed by atoms with van der Waals surface area (Å²) in [7, 11) is 0. The van der Waals surface area contributed by atoms with Gasteiger partial charge >= 0.3 is 12.1 Å². The smallest absolute Gasteiger partial charge is 0.440 e. The number of carbonyl (C=O) groups is 2. The van der Waals surface area contributed by atoms with Crippen LogP contribution in [0.3, 0.4) is 0 Å². The molecule has 0 aromatic carbocycles. The molecule has 0 radical (unpaired) electrons. The first-order chi connectivity index (χ1) is 8.11. The Labute approximate surface area is 102 Å². The molecule has 0 aliphatic carbocycles. The van der Waals surface area contributed by atoms with Crippen LogP contribution in [-0.4, -0.2) is 18.7 Å². The molecule has 0 rings (SSSR count). The molecular weight excluding hydrogens is 222 g/mol. The second kappa shape index (κ2) is 9.69. The van der Waals surface area contributed by atoms with E-state index >= 15 is 0 Å². The molecule has 0 spiro atoms. The number of carbonyl (C=O) groups excluding carboxylic acids is 2. The maximum Gasteiger partial charge on any atom is 0.440 e. The number of ether oxygens (including phenoxy) is 1. The van der Waals surface area contributed by atoms with Gasteiger partial charge in [-0.3, -0.25) is 0 Å². The molecule has 0 saturated heterocycles. The fourth-order valence-electron chi connectivity index (χ4n) is 1.19. The summed E-state index contributed by atoms with van der Waals surface area (Å²) >= 11 is 0. The zero-order valence-electron chi connectivity index (χ0n) is 10.6. The Bertz CT molecular complexity index is 263. The Morgan fingerprint density at radius 3 is 2.47 bits per heavy atom. The monoisotopic (exact) mass is 243 g/mol. The van der Waals surface area contributed by atoms with E-state index in [0.29, 0.717) is 12.0 Å². The van der Waals surface area contributed by atoms with E-state index in [1.807, 2.05) is 5.48 Å². The van der Waals surface area contributed by atoms with Gasteiger partial charge in [-0.1, -0.05) is 32.8 Å². The van der Waals surface area contributed by atoms with Crippen LogP contribution in [0.25, 0.3) is 0 Å². The highest BCUT2D eigenvalue weighted by molar-refractivity contribution is 5.88. The molecule has 0 unspecified atom stereocenters. The summed E-state index contributed by atoms with van der Waals surface area (Å²) in [5.74, 6) is -0.616. The number of hydroxylamine groups is 1. The van der Waals surface area contributed by atoms with Gasteiger partial charge in [0.2, 0.25) is 0 Å². The van der Waals surface area contributed by atoms with Crippen molar-refractivity contribution in [3.05, 3.63) is 12.2 Å². The lowest BCUT2D eigenvalue weighted by Crippen LogP contribution is -2.28. The van der Waals surface area contributed by atoms with Crippen molar-refractivity contribution >= 4 is 12.1 Å². The summed E-state index contributed by atoms with van der Waals surface area (Å²) in [6, 6.07) is 0. The average Bonchev–Trinajstić information content (AvgIpc) is 2.31. The van der Waals surface area contributed by atoms with E-state index in [0.717, 1.165) is 25.7 Å². The van der Waals surface area contributed by atoms with Crippen LogP contribution in [-0.2, 0) is 14.4 Å². The summed E-state index contributed by atoms with van der Waals surface area (Å²) in [4.78, 5) is 26.7. The van der Waals surface area contributed by atoms with Gasteiger partial charge in [-0.05, 0) is 19.8 Å². The van der Waals surface area contributed by atoms with Crippen LogP contribution in [0, 0.1) is 0 Å². The summed E-state index contributed by atoms with van der Waals surface area (Å²) in [6.45, 7) is 7.61. The van der Waals surface area contributed by atoms with Crippen LogP contribution >= 0.6 is 0 Å². The fourth-order valence-corrected chi connectivity index (χ4v) is 1.19. The van der Waals surface area contributed by atoms with Gasteiger partial charge in [0.15, 0.2) is 0 Å². The van der Waals surface area contributed by atoms with Crippen molar-refractivity contribution < 1.29 is 19.2 Å². The van der Waals surface area contributed by atoms with E-state index < -0.39 is 12.1 Å². The van der Waals surface area contributed by atoms with Crippen molar-refractivity contribution in [1.29, 1.82) is 0 Å². The highest BCUT2D eigenvalue weighted by atomic mass is 16.7. The molecular formula is C12H21NO4. The van der Waals surface area contributed by atoms with Gasteiger partial charge in [-0.25, -0.2) is 9.59 Å². The Hall–Kier alpha value is -1.52. The molecule has 98 valence electrons. The van der Waals surface area contributed by atoms with Crippen molar-refractivity contribution in [2.24, 2.45) is 0 Å². The lowest BCUT2D eigenvalue weighted by atomic mass is 10.1. The minimum atomic E-state index is -0.778. The van der Waals surface area contributed by atoms with E-state index in [4.69, 9.17) is 0 Å². The van der Waals surface area contributed by atoms with E-state index in [2.05, 4.69) is 23.1 Å². The van der Waals surface area contributed by atoms with Gasteiger partial charge in [-0.2, -0.15) is 0 Å². The van der Waals surface area contributed by atoms with E-state index in [9.17, 15) is 9.59 Å². The highest BCUT2D eigenvalue weighted by Crippen LogP contribution is 2.09. The lowest BCUT2D eigenvalue weighted by Gasteiger charge is -2.07. The van der Waals surface area contributed by atoms with Crippen LogP contribution in [0.5, 0.6) is 0 Å². The lowest BCUT2D eigenvalue weighted by molar-refractivity contribution is -0.145. The number of amides is 1. The summed E-state index contributed by atoms with van der Waals surface area (Å²) < 4.78 is 4.53. The van der Waals surface area contributed by atoms with Gasteiger partial charge in [0, 0.05) is 5.57 Å². The first-order valence-electron chi connectivity index (χ1n) is 5.93. The fraction of sp³-hybridized carbons (Fsp3) is 0.667. The molecule has 17 heavy (non-hydrogen) atoms. The van der Waals surface area contributed by atoms with E-state index in [-0.39, 0.29) is 6.61 Å². The van der Waals surface area contributed by atoms with E-state index in [1.54, 1.807) is 6.92 Å². The minimum Gasteiger partial charge on any atom is -0.448 e. The molecule has 0 saturated carbocycles. The van der Waals surface area contributed by atoms with Gasteiger partial charge in [0.25, 0.3) is 0 Å². The maximum absolute atomic E-state index is 11.3. The molecule has 0 bridgehead atoms. The maximum atomic E-state index is 11.3. The zero-order chi connectivity index (χ0) is 13.1. The highest BCUT2D eigenvalue weighted by Gasteiger charge is 2.10. The number of hydrogen-bond donors (Lipinski definition) is 1. The molecule has 5 heteroatoms. The Morgan fingerprint density at radius 2 is 1.88 bits per heavy atom. The van der Waals surface area contributed by atoms with Crippen LogP contribution in [0.15, 0.2) is 12.2 Å². The molecule has 0 heterocycles. The minimum absolute atomic E-state index is 0.224. The second-order valence-corrected chi connectivity index (χ2v) is 3.63. The quantitative estimate of drug-likeness (QED) is 0.424. The standard InChI is InChI=1S/C12H21NO4/c1-4-6-7-8-9-10(3)11(14)17-13-12(15)16-5-2/h3-9H2,1-2H3,(H,13,15). The third-order valence-electron chi connectivity index (χ3n) is 2.12. The Kier molecular flexibility index (Phi) is 8.82. The van der Waals surface area contributed by atoms with Gasteiger partial charge in [0.1, 0.15) is 0 Å². The number of rotatable bonds is 7. The largest absolute Gasteiger partial charge is 0.448 e. The molecule has 0 aliphatic heterocycles. The normalized spacial score (nSPS) is 9.53. The van der Waals surface area contributed by atoms with E-state index in [1.165, 1.54) is 0 Å². The molecule has 0 atom stereocenters. The first kappa shape index (κ1) is 15.5. The molecule has 1 amide bonds. The van der Waals surface area contributed by atoms with Crippen LogP contribution in [0.4, 0.5) is 4.79 Å². The predicted octanol–water partition coefficient (Wildman–Crippen LogP) is 2.72. The second-order valence-electron chi connectivity index (χ2n) is 3.63. The SMILES string of the molecule is C=C(CCCCCC)C(=O)ONC(=O)OCC. The molecule has 0 aliphatic rings. The van der Waals surface area contributed by atoms with Gasteiger partial charge in [-0.15, -0.1) is 5.48 Å². The average molecular weight is 243 g/mol. The Morgan fingerprint density at radius 1 is 1.18 bits per heavy atom. The molecule has 0 aromatic rings. The van der Waals surface area contributed by atoms with Crippen LogP contribution < -0.4 is 5.48 Å². The number of nitrogens with one attached hydrogen (secondary N) is 1. The predicted molar refractivity (Wildman–Crippen MR) is 64.1 cm³/mol. The van der Waals surface area contributed by atoms with Crippen LogP contribution in [0.2, 0.25) is 0 Å². The molecule has 1 N–H and O–H groups in total. The van der Waals surface area contributed by atoms with Crippen molar-refractivity contribution in [3.8, 4) is 0 Å². The first-order valence-corrected chi connectivity index (χ1v) is 5.93. The number of hydrogen-bond acceptors (Lipinski definition) is 4. The summed E-state index contributed by atoms with van der Waals surface area (Å²) in [5.41, 5.74) is 2.25. The topological polar surface area (TPSA) is 64.6 Å². The molecule has 0 aromatic heterocycles. The molecule has 5 nitrogen and oxygen atoms in total. The van der Waals surface area contributed by atoms with Crippen LogP contribution in [0.1, 0.15) is 46.0 Å². The van der Waals surface area contributed by atoms with Gasteiger partial charge in [0.05, 0.1) is 6.61 Å². The number of unbranched alkanes of at least 4 members (excludes halogenated alkanes) is 3.